The summed E-state index contributed by atoms with van der Waals surface area (Å²) in [5, 5.41) is 0. The molecule has 1 aromatic rings. The summed E-state index contributed by atoms with van der Waals surface area (Å²) in [6.45, 7) is 9.25. The van der Waals surface area contributed by atoms with Crippen LogP contribution < -0.4 is 4.74 Å². The Morgan fingerprint density at radius 1 is 1.11 bits per heavy atom. The van der Waals surface area contributed by atoms with E-state index in [1.165, 1.54) is 31.7 Å². The maximum Gasteiger partial charge on any atom is 0.327 e. The van der Waals surface area contributed by atoms with Crippen LogP contribution in [0.2, 0.25) is 0 Å². The van der Waals surface area contributed by atoms with Crippen molar-refractivity contribution in [3.05, 3.63) is 47.6 Å². The first-order valence-electron chi connectivity index (χ1n) is 9.43. The standard InChI is InChI=1S/C22H32O5S/c1-7-27-21(23)22(5,16-15-18(4)10-8-9-17(2)3)28(24,25)20-13-11-19(26-6)12-14-20/h9,11-15H,7-8,10,16H2,1-6H3. The van der Waals surface area contributed by atoms with Gasteiger partial charge in [0.25, 0.3) is 0 Å². The predicted octanol–water partition coefficient (Wildman–Crippen LogP) is 4.87. The molecule has 1 atom stereocenters. The van der Waals surface area contributed by atoms with Crippen molar-refractivity contribution in [1.29, 1.82) is 0 Å². The maximum atomic E-state index is 13.3. The van der Waals surface area contributed by atoms with E-state index in [0.29, 0.717) is 5.75 Å². The van der Waals surface area contributed by atoms with Crippen LogP contribution in [0.5, 0.6) is 5.75 Å². The van der Waals surface area contributed by atoms with Gasteiger partial charge in [-0.25, -0.2) is 8.42 Å². The second kappa shape index (κ2) is 10.5. The van der Waals surface area contributed by atoms with E-state index in [0.717, 1.165) is 18.4 Å². The second-order valence-electron chi connectivity index (χ2n) is 7.21. The van der Waals surface area contributed by atoms with Crippen molar-refractivity contribution in [2.75, 3.05) is 13.7 Å². The Kier molecular flexibility index (Phi) is 8.95. The first-order valence-corrected chi connectivity index (χ1v) is 10.9. The molecule has 156 valence electrons. The lowest BCUT2D eigenvalue weighted by Gasteiger charge is -2.26. The van der Waals surface area contributed by atoms with Gasteiger partial charge in [-0.15, -0.1) is 0 Å². The normalized spacial score (nSPS) is 14.1. The zero-order valence-electron chi connectivity index (χ0n) is 17.7. The van der Waals surface area contributed by atoms with E-state index >= 15 is 0 Å². The van der Waals surface area contributed by atoms with Crippen LogP contribution in [0.4, 0.5) is 0 Å². The molecule has 1 unspecified atom stereocenters. The SMILES string of the molecule is CCOC(=O)C(C)(CC=C(C)CCC=C(C)C)S(=O)(=O)c1ccc(OC)cc1. The lowest BCUT2D eigenvalue weighted by atomic mass is 10.0. The minimum Gasteiger partial charge on any atom is -0.497 e. The molecule has 5 nitrogen and oxygen atoms in total. The molecule has 0 amide bonds. The van der Waals surface area contributed by atoms with E-state index in [1.54, 1.807) is 19.1 Å². The molecule has 1 rings (SSSR count). The highest BCUT2D eigenvalue weighted by Gasteiger charge is 2.47. The van der Waals surface area contributed by atoms with Crippen LogP contribution >= 0.6 is 0 Å². The third-order valence-corrected chi connectivity index (χ3v) is 7.01. The van der Waals surface area contributed by atoms with Crippen molar-refractivity contribution in [2.24, 2.45) is 0 Å². The molecular formula is C22H32O5S. The summed E-state index contributed by atoms with van der Waals surface area (Å²) in [5.41, 5.74) is 2.28. The molecular weight excluding hydrogens is 376 g/mol. The lowest BCUT2D eigenvalue weighted by molar-refractivity contribution is -0.145. The average Bonchev–Trinajstić information content (AvgIpc) is 2.65. The summed E-state index contributed by atoms with van der Waals surface area (Å²) in [6.07, 6.45) is 5.71. The Hall–Kier alpha value is -2.08. The Morgan fingerprint density at radius 3 is 2.21 bits per heavy atom. The molecule has 0 spiro atoms. The Bertz CT molecular complexity index is 815. The summed E-state index contributed by atoms with van der Waals surface area (Å²) in [4.78, 5) is 12.7. The van der Waals surface area contributed by atoms with Crippen LogP contribution in [0.15, 0.2) is 52.5 Å². The largest absolute Gasteiger partial charge is 0.497 e. The number of ether oxygens (including phenoxy) is 2. The number of hydrogen-bond donors (Lipinski definition) is 0. The van der Waals surface area contributed by atoms with Crippen molar-refractivity contribution < 1.29 is 22.7 Å². The molecule has 6 heteroatoms. The minimum atomic E-state index is -3.96. The predicted molar refractivity (Wildman–Crippen MR) is 112 cm³/mol. The molecule has 0 aromatic heterocycles. The van der Waals surface area contributed by atoms with Gasteiger partial charge in [-0.3, -0.25) is 4.79 Å². The van der Waals surface area contributed by atoms with Crippen molar-refractivity contribution in [3.63, 3.8) is 0 Å². The number of allylic oxidation sites excluding steroid dienone is 4. The molecule has 1 aromatic carbocycles. The summed E-state index contributed by atoms with van der Waals surface area (Å²) < 4.78 is 35.1. The number of benzene rings is 1. The summed E-state index contributed by atoms with van der Waals surface area (Å²) in [5.74, 6) is -0.189. The molecule has 28 heavy (non-hydrogen) atoms. The average molecular weight is 409 g/mol. The van der Waals surface area contributed by atoms with Gasteiger partial charge in [-0.1, -0.05) is 23.3 Å². The fourth-order valence-corrected chi connectivity index (χ4v) is 4.26. The molecule has 0 saturated heterocycles. The second-order valence-corrected chi connectivity index (χ2v) is 9.58. The van der Waals surface area contributed by atoms with E-state index in [1.807, 2.05) is 26.8 Å². The topological polar surface area (TPSA) is 69.7 Å². The number of methoxy groups -OCH3 is 1. The van der Waals surface area contributed by atoms with Crippen LogP contribution in [0.1, 0.15) is 53.9 Å². The monoisotopic (exact) mass is 408 g/mol. The highest BCUT2D eigenvalue weighted by atomic mass is 32.2. The van der Waals surface area contributed by atoms with Crippen LogP contribution in [-0.4, -0.2) is 32.9 Å². The van der Waals surface area contributed by atoms with E-state index in [9.17, 15) is 13.2 Å². The number of rotatable bonds is 10. The van der Waals surface area contributed by atoms with Gasteiger partial charge in [0.05, 0.1) is 18.6 Å². The Balaban J connectivity index is 3.21. The van der Waals surface area contributed by atoms with Gasteiger partial charge in [-0.2, -0.15) is 0 Å². The van der Waals surface area contributed by atoms with Crippen LogP contribution in [-0.2, 0) is 19.4 Å². The van der Waals surface area contributed by atoms with Gasteiger partial charge in [0, 0.05) is 0 Å². The molecule has 0 aliphatic heterocycles. The van der Waals surface area contributed by atoms with Gasteiger partial charge in [0.1, 0.15) is 5.75 Å². The van der Waals surface area contributed by atoms with Crippen LogP contribution in [0.25, 0.3) is 0 Å². The van der Waals surface area contributed by atoms with Gasteiger partial charge < -0.3 is 9.47 Å². The van der Waals surface area contributed by atoms with Gasteiger partial charge >= 0.3 is 5.97 Å². The van der Waals surface area contributed by atoms with E-state index in [-0.39, 0.29) is 17.9 Å². The first kappa shape index (κ1) is 24.0. The molecule has 0 bridgehead atoms. The highest BCUT2D eigenvalue weighted by Crippen LogP contribution is 2.32. The quantitative estimate of drug-likeness (QED) is 0.408. The molecule has 0 radical (unpaired) electrons. The molecule has 0 N–H and O–H groups in total. The molecule has 0 aliphatic carbocycles. The third-order valence-electron chi connectivity index (χ3n) is 4.60. The zero-order chi connectivity index (χ0) is 21.4. The summed E-state index contributed by atoms with van der Waals surface area (Å²) in [7, 11) is -2.45. The van der Waals surface area contributed by atoms with Gasteiger partial charge in [0.15, 0.2) is 14.6 Å². The number of sulfone groups is 1. The molecule has 0 heterocycles. The highest BCUT2D eigenvalue weighted by molar-refractivity contribution is 7.93. The smallest absolute Gasteiger partial charge is 0.327 e. The van der Waals surface area contributed by atoms with Crippen molar-refractivity contribution >= 4 is 15.8 Å². The summed E-state index contributed by atoms with van der Waals surface area (Å²) in [6, 6.07) is 6.05. The first-order chi connectivity index (χ1) is 13.1. The molecule has 0 saturated carbocycles. The fourth-order valence-electron chi connectivity index (χ4n) is 2.66. The lowest BCUT2D eigenvalue weighted by Crippen LogP contribution is -2.44. The fraction of sp³-hybridized carbons (Fsp3) is 0.500. The minimum absolute atomic E-state index is 0.0564. The van der Waals surface area contributed by atoms with E-state index in [4.69, 9.17) is 9.47 Å². The molecule has 0 aliphatic rings. The van der Waals surface area contributed by atoms with E-state index < -0.39 is 20.6 Å². The van der Waals surface area contributed by atoms with Crippen molar-refractivity contribution in [2.45, 2.75) is 63.5 Å². The van der Waals surface area contributed by atoms with E-state index in [2.05, 4.69) is 6.08 Å². The number of hydrogen-bond acceptors (Lipinski definition) is 5. The maximum absolute atomic E-state index is 13.3. The Morgan fingerprint density at radius 2 is 1.71 bits per heavy atom. The molecule has 0 fully saturated rings. The zero-order valence-corrected chi connectivity index (χ0v) is 18.6. The summed E-state index contributed by atoms with van der Waals surface area (Å²) >= 11 is 0. The van der Waals surface area contributed by atoms with Crippen LogP contribution in [0, 0.1) is 0 Å². The number of carbonyl (C=O) groups excluding carboxylic acids is 1. The van der Waals surface area contributed by atoms with Gasteiger partial charge in [0.2, 0.25) is 0 Å². The van der Waals surface area contributed by atoms with Crippen molar-refractivity contribution in [3.8, 4) is 5.75 Å². The van der Waals surface area contributed by atoms with Gasteiger partial charge in [-0.05, 0) is 78.1 Å². The number of esters is 1. The Labute approximate surface area is 169 Å². The van der Waals surface area contributed by atoms with Crippen molar-refractivity contribution in [1.82, 2.24) is 0 Å². The third kappa shape index (κ3) is 5.96. The van der Waals surface area contributed by atoms with Crippen LogP contribution in [0.3, 0.4) is 0 Å². The number of carbonyl (C=O) groups is 1.